The molecular weight excluding hydrogens is 224 g/mol. The lowest BCUT2D eigenvalue weighted by Crippen LogP contribution is -2.27. The highest BCUT2D eigenvalue weighted by Crippen LogP contribution is 2.07. The topological polar surface area (TPSA) is 87.0 Å². The summed E-state index contributed by atoms with van der Waals surface area (Å²) in [5, 5.41) is 28.1. The Hall–Kier alpha value is -1.17. The maximum atomic E-state index is 10.8. The predicted molar refractivity (Wildman–Crippen MR) is 63.2 cm³/mol. The Balaban J connectivity index is 4.36. The monoisotopic (exact) mass is 244 g/mol. The molecule has 0 aliphatic rings. The van der Waals surface area contributed by atoms with E-state index >= 15 is 0 Å². The summed E-state index contributed by atoms with van der Waals surface area (Å²) in [5.74, 6) is -0.489. The number of hydrogen-bond acceptors (Lipinski definition) is 5. The average molecular weight is 244 g/mol. The van der Waals surface area contributed by atoms with Gasteiger partial charge in [0.1, 0.15) is 0 Å². The summed E-state index contributed by atoms with van der Waals surface area (Å²) in [4.78, 5) is 10.8. The molecule has 0 rings (SSSR count). The molecule has 0 saturated heterocycles. The van der Waals surface area contributed by atoms with Gasteiger partial charge in [0.2, 0.25) is 0 Å². The third kappa shape index (κ3) is 7.68. The summed E-state index contributed by atoms with van der Waals surface area (Å²) in [6, 6.07) is 0. The largest absolute Gasteiger partial charge is 0.466 e. The highest BCUT2D eigenvalue weighted by molar-refractivity contribution is 5.82. The van der Waals surface area contributed by atoms with Crippen molar-refractivity contribution in [2.24, 2.45) is 0 Å². The Labute approximate surface area is 101 Å². The van der Waals surface area contributed by atoms with Crippen LogP contribution in [0.25, 0.3) is 0 Å². The van der Waals surface area contributed by atoms with Gasteiger partial charge in [0.25, 0.3) is 0 Å². The molecule has 3 N–H and O–H groups in total. The number of esters is 1. The van der Waals surface area contributed by atoms with Crippen molar-refractivity contribution in [3.63, 3.8) is 0 Å². The molecule has 0 fully saturated rings. The second kappa shape index (κ2) is 8.00. The molecule has 0 heterocycles. The van der Waals surface area contributed by atoms with Crippen molar-refractivity contribution in [1.29, 1.82) is 0 Å². The van der Waals surface area contributed by atoms with Crippen LogP contribution in [0.5, 0.6) is 0 Å². The molecule has 0 saturated carbocycles. The van der Waals surface area contributed by atoms with Crippen LogP contribution >= 0.6 is 0 Å². The van der Waals surface area contributed by atoms with Crippen molar-refractivity contribution in [2.75, 3.05) is 7.11 Å². The quantitative estimate of drug-likeness (QED) is 0.352. The van der Waals surface area contributed by atoms with Crippen LogP contribution in [-0.2, 0) is 9.53 Å². The summed E-state index contributed by atoms with van der Waals surface area (Å²) in [5.41, 5.74) is 0.618. The molecule has 0 spiro atoms. The number of carbonyl (C=O) groups is 1. The highest BCUT2D eigenvalue weighted by Gasteiger charge is 2.15. The average Bonchev–Trinajstić information content (AvgIpc) is 2.24. The van der Waals surface area contributed by atoms with Crippen LogP contribution in [0, 0.1) is 0 Å². The standard InChI is InChI=1S/C12H20O5/c1-8(4-5-12(16)17-3)6-10(14)11(15)7-9(2)13/h4-6,9-11,13-15H,7H2,1-3H3/b5-4+,8-6+/t9-,10-,11+/m1/s1. The van der Waals surface area contributed by atoms with E-state index in [9.17, 15) is 15.0 Å². The number of allylic oxidation sites excluding steroid dienone is 2. The fourth-order valence-electron chi connectivity index (χ4n) is 1.19. The summed E-state index contributed by atoms with van der Waals surface area (Å²) in [6.07, 6.45) is 1.41. The van der Waals surface area contributed by atoms with Crippen LogP contribution in [0.15, 0.2) is 23.8 Å². The zero-order valence-corrected chi connectivity index (χ0v) is 10.3. The van der Waals surface area contributed by atoms with Gasteiger partial charge in [0, 0.05) is 12.5 Å². The molecular formula is C12H20O5. The molecule has 0 amide bonds. The molecule has 0 aliphatic heterocycles. The first-order valence-corrected chi connectivity index (χ1v) is 5.35. The van der Waals surface area contributed by atoms with E-state index < -0.39 is 24.3 Å². The van der Waals surface area contributed by atoms with E-state index in [-0.39, 0.29) is 6.42 Å². The van der Waals surface area contributed by atoms with Crippen molar-refractivity contribution in [1.82, 2.24) is 0 Å². The Morgan fingerprint density at radius 1 is 1.29 bits per heavy atom. The van der Waals surface area contributed by atoms with Gasteiger partial charge < -0.3 is 20.1 Å². The van der Waals surface area contributed by atoms with Gasteiger partial charge in [-0.05, 0) is 13.8 Å². The van der Waals surface area contributed by atoms with Crippen molar-refractivity contribution in [2.45, 2.75) is 38.6 Å². The van der Waals surface area contributed by atoms with E-state index in [1.807, 2.05) is 0 Å². The van der Waals surface area contributed by atoms with Crippen molar-refractivity contribution >= 4 is 5.97 Å². The van der Waals surface area contributed by atoms with E-state index in [0.717, 1.165) is 0 Å². The lowest BCUT2D eigenvalue weighted by molar-refractivity contribution is -0.134. The molecule has 5 nitrogen and oxygen atoms in total. The first kappa shape index (κ1) is 15.8. The number of ether oxygens (including phenoxy) is 1. The number of aliphatic hydroxyl groups excluding tert-OH is 3. The van der Waals surface area contributed by atoms with Gasteiger partial charge in [-0.25, -0.2) is 4.79 Å². The third-order valence-electron chi connectivity index (χ3n) is 2.09. The van der Waals surface area contributed by atoms with Gasteiger partial charge in [0.05, 0.1) is 25.4 Å². The number of rotatable bonds is 6. The maximum Gasteiger partial charge on any atom is 0.330 e. The molecule has 0 aliphatic carbocycles. The lowest BCUT2D eigenvalue weighted by Gasteiger charge is -2.16. The predicted octanol–water partition coefficient (Wildman–Crippen LogP) is 0.155. The van der Waals surface area contributed by atoms with Crippen molar-refractivity contribution in [3.8, 4) is 0 Å². The zero-order valence-electron chi connectivity index (χ0n) is 10.3. The van der Waals surface area contributed by atoms with Gasteiger partial charge in [-0.3, -0.25) is 0 Å². The molecule has 5 heteroatoms. The third-order valence-corrected chi connectivity index (χ3v) is 2.09. The van der Waals surface area contributed by atoms with Gasteiger partial charge in [-0.1, -0.05) is 17.7 Å². The van der Waals surface area contributed by atoms with Crippen LogP contribution < -0.4 is 0 Å². The Morgan fingerprint density at radius 2 is 1.88 bits per heavy atom. The molecule has 0 bridgehead atoms. The van der Waals surface area contributed by atoms with Crippen LogP contribution in [-0.4, -0.2) is 46.7 Å². The molecule has 3 atom stereocenters. The second-order valence-corrected chi connectivity index (χ2v) is 3.91. The van der Waals surface area contributed by atoms with E-state index in [0.29, 0.717) is 5.57 Å². The first-order chi connectivity index (χ1) is 7.86. The summed E-state index contributed by atoms with van der Waals surface area (Å²) < 4.78 is 4.41. The molecule has 17 heavy (non-hydrogen) atoms. The molecule has 0 radical (unpaired) electrons. The molecule has 98 valence electrons. The van der Waals surface area contributed by atoms with Gasteiger partial charge in [-0.15, -0.1) is 0 Å². The SMILES string of the molecule is COC(=O)/C=C/C(C)=C/[C@@H](O)[C@@H](O)C[C@@H](C)O. The number of carbonyl (C=O) groups excluding carboxylic acids is 1. The number of methoxy groups -OCH3 is 1. The van der Waals surface area contributed by atoms with Crippen molar-refractivity contribution < 1.29 is 24.9 Å². The molecule has 0 unspecified atom stereocenters. The van der Waals surface area contributed by atoms with Crippen LogP contribution in [0.2, 0.25) is 0 Å². The first-order valence-electron chi connectivity index (χ1n) is 5.35. The minimum Gasteiger partial charge on any atom is -0.466 e. The summed E-state index contributed by atoms with van der Waals surface area (Å²) >= 11 is 0. The Kier molecular flexibility index (Phi) is 7.45. The molecule has 0 aromatic heterocycles. The fraction of sp³-hybridized carbons (Fsp3) is 0.583. The maximum absolute atomic E-state index is 10.8. The van der Waals surface area contributed by atoms with Crippen LogP contribution in [0.3, 0.4) is 0 Å². The van der Waals surface area contributed by atoms with Gasteiger partial charge in [-0.2, -0.15) is 0 Å². The second-order valence-electron chi connectivity index (χ2n) is 3.91. The summed E-state index contributed by atoms with van der Waals surface area (Å²) in [6.45, 7) is 3.21. The Morgan fingerprint density at radius 3 is 2.35 bits per heavy atom. The number of hydrogen-bond donors (Lipinski definition) is 3. The summed E-state index contributed by atoms with van der Waals surface area (Å²) in [7, 11) is 1.27. The van der Waals surface area contributed by atoms with Gasteiger partial charge in [0.15, 0.2) is 0 Å². The molecule has 0 aromatic carbocycles. The zero-order chi connectivity index (χ0) is 13.4. The smallest absolute Gasteiger partial charge is 0.330 e. The van der Waals surface area contributed by atoms with E-state index in [2.05, 4.69) is 4.74 Å². The molecule has 0 aromatic rings. The van der Waals surface area contributed by atoms with E-state index in [1.54, 1.807) is 6.92 Å². The number of aliphatic hydroxyl groups is 3. The highest BCUT2D eigenvalue weighted by atomic mass is 16.5. The van der Waals surface area contributed by atoms with E-state index in [4.69, 9.17) is 5.11 Å². The van der Waals surface area contributed by atoms with Gasteiger partial charge >= 0.3 is 5.97 Å². The van der Waals surface area contributed by atoms with E-state index in [1.165, 1.54) is 32.3 Å². The Bertz CT molecular complexity index is 293. The van der Waals surface area contributed by atoms with Crippen LogP contribution in [0.4, 0.5) is 0 Å². The minimum atomic E-state index is -1.08. The fourth-order valence-corrected chi connectivity index (χ4v) is 1.19. The van der Waals surface area contributed by atoms with Crippen LogP contribution in [0.1, 0.15) is 20.3 Å². The lowest BCUT2D eigenvalue weighted by atomic mass is 10.1. The minimum absolute atomic E-state index is 0.0890. The normalized spacial score (nSPS) is 17.9. The van der Waals surface area contributed by atoms with Crippen molar-refractivity contribution in [3.05, 3.63) is 23.8 Å².